The zero-order chi connectivity index (χ0) is 13.7. The van der Waals surface area contributed by atoms with Crippen molar-refractivity contribution in [1.29, 1.82) is 0 Å². The number of benzene rings is 2. The Morgan fingerprint density at radius 2 is 1.55 bits per heavy atom. The third-order valence-corrected chi connectivity index (χ3v) is 11.0. The van der Waals surface area contributed by atoms with Crippen LogP contribution < -0.4 is 3.93 Å². The predicted octanol–water partition coefficient (Wildman–Crippen LogP) is 4.07. The molecular weight excluding hydrogens is 307 g/mol. The summed E-state index contributed by atoms with van der Waals surface area (Å²) < 4.78 is 3.51. The molecule has 1 fully saturated rings. The zero-order valence-electron chi connectivity index (χ0n) is 11.7. The third-order valence-electron chi connectivity index (χ3n) is 4.16. The van der Waals surface area contributed by atoms with Gasteiger partial charge in [0.25, 0.3) is 0 Å². The average molecular weight is 324 g/mol. The molecule has 0 radical (unpaired) electrons. The van der Waals surface area contributed by atoms with Gasteiger partial charge in [0.1, 0.15) is 0 Å². The molecule has 2 nitrogen and oxygen atoms in total. The van der Waals surface area contributed by atoms with E-state index in [1.54, 1.807) is 0 Å². The van der Waals surface area contributed by atoms with E-state index in [0.717, 1.165) is 0 Å². The van der Waals surface area contributed by atoms with E-state index >= 15 is 0 Å². The monoisotopic (exact) mass is 324 g/mol. The molecule has 0 aliphatic carbocycles. The molecule has 0 aromatic heterocycles. The van der Waals surface area contributed by atoms with Gasteiger partial charge >= 0.3 is 124 Å². The van der Waals surface area contributed by atoms with Crippen molar-refractivity contribution in [1.82, 2.24) is 0 Å². The predicted molar refractivity (Wildman–Crippen MR) is 85.4 cm³/mol. The Bertz CT molecular complexity index is 664. The first-order valence-corrected chi connectivity index (χ1v) is 9.84. The summed E-state index contributed by atoms with van der Waals surface area (Å²) in [7, 11) is 0. The molecule has 2 aliphatic rings. The number of fused-ring (bicyclic) bond motifs is 1. The Labute approximate surface area is 124 Å². The van der Waals surface area contributed by atoms with E-state index in [1.165, 1.54) is 17.0 Å². The molecule has 4 rings (SSSR count). The van der Waals surface area contributed by atoms with Gasteiger partial charge in [-0.2, -0.15) is 0 Å². The number of hydrazone groups is 1. The Kier molecular flexibility index (Phi) is 2.59. The van der Waals surface area contributed by atoms with Gasteiger partial charge in [0.15, 0.2) is 0 Å². The second-order valence-corrected chi connectivity index (χ2v) is 11.6. The number of nitrogens with zero attached hydrogens (tertiary/aromatic N) is 2. The molecule has 2 aromatic carbocycles. The number of para-hydroxylation sites is 1. The van der Waals surface area contributed by atoms with Crippen LogP contribution in [0.15, 0.2) is 65.8 Å². The van der Waals surface area contributed by atoms with E-state index in [4.69, 9.17) is 5.10 Å². The molecule has 20 heavy (non-hydrogen) atoms. The van der Waals surface area contributed by atoms with Gasteiger partial charge in [-0.15, -0.1) is 0 Å². The Balaban J connectivity index is 1.78. The maximum atomic E-state index is 4.97. The molecule has 1 saturated heterocycles. The van der Waals surface area contributed by atoms with E-state index in [1.807, 2.05) is 0 Å². The summed E-state index contributed by atoms with van der Waals surface area (Å²) in [5.74, 6) is 0. The zero-order valence-corrected chi connectivity index (χ0v) is 13.6. The summed E-state index contributed by atoms with van der Waals surface area (Å²) in [6.07, 6.45) is 0. The van der Waals surface area contributed by atoms with Crippen molar-refractivity contribution < 1.29 is 0 Å². The molecule has 2 atom stereocenters. The van der Waals surface area contributed by atoms with Crippen LogP contribution in [0.4, 0.5) is 5.69 Å². The van der Waals surface area contributed by atoms with Gasteiger partial charge in [-0.1, -0.05) is 0 Å². The van der Waals surface area contributed by atoms with E-state index < -0.39 is 14.9 Å². The van der Waals surface area contributed by atoms with Crippen molar-refractivity contribution in [3.8, 4) is 0 Å². The summed E-state index contributed by atoms with van der Waals surface area (Å²) in [6, 6.07) is 21.3. The quantitative estimate of drug-likeness (QED) is 0.761. The molecule has 2 aliphatic heterocycles. The molecule has 0 spiro atoms. The van der Waals surface area contributed by atoms with Crippen molar-refractivity contribution in [3.63, 3.8) is 0 Å². The molecule has 2 unspecified atom stereocenters. The standard InChI is InChI=1S/C17H17AsN2/c1-17(2)16-15(13-9-5-3-6-10-13)19-20(18(16)17)14-11-7-4-8-12-14/h3-12,16H,1-2H3. The molecule has 0 bridgehead atoms. The van der Waals surface area contributed by atoms with E-state index in [9.17, 15) is 0 Å². The van der Waals surface area contributed by atoms with Crippen LogP contribution in [0.5, 0.6) is 0 Å². The number of anilines is 1. The van der Waals surface area contributed by atoms with Crippen LogP contribution in [0.1, 0.15) is 19.4 Å². The van der Waals surface area contributed by atoms with Gasteiger partial charge in [0.05, 0.1) is 0 Å². The van der Waals surface area contributed by atoms with Crippen LogP contribution in [0.25, 0.3) is 0 Å². The van der Waals surface area contributed by atoms with Crippen molar-refractivity contribution in [2.75, 3.05) is 3.93 Å². The fourth-order valence-corrected chi connectivity index (χ4v) is 9.41. The first-order valence-electron chi connectivity index (χ1n) is 6.98. The Hall–Kier alpha value is -1.53. The van der Waals surface area contributed by atoms with Gasteiger partial charge in [-0.25, -0.2) is 0 Å². The van der Waals surface area contributed by atoms with Crippen molar-refractivity contribution in [3.05, 3.63) is 66.2 Å². The molecular formula is C17H17AsN2. The van der Waals surface area contributed by atoms with E-state index in [0.29, 0.717) is 8.91 Å². The van der Waals surface area contributed by atoms with Crippen molar-refractivity contribution in [2.24, 2.45) is 5.10 Å². The normalized spacial score (nSPS) is 26.1. The molecule has 0 amide bonds. The minimum absolute atomic E-state index is 0.454. The average Bonchev–Trinajstić information content (AvgIpc) is 2.88. The Morgan fingerprint density at radius 3 is 2.20 bits per heavy atom. The van der Waals surface area contributed by atoms with Gasteiger partial charge < -0.3 is 0 Å². The molecule has 0 saturated carbocycles. The van der Waals surface area contributed by atoms with Crippen molar-refractivity contribution in [2.45, 2.75) is 22.8 Å². The topological polar surface area (TPSA) is 15.6 Å². The summed E-state index contributed by atoms with van der Waals surface area (Å²) in [4.78, 5) is 0. The second kappa shape index (κ2) is 4.23. The summed E-state index contributed by atoms with van der Waals surface area (Å²) in [5.41, 5.74) is 3.86. The summed E-state index contributed by atoms with van der Waals surface area (Å²) in [5, 5.41) is 4.97. The molecule has 2 aromatic rings. The van der Waals surface area contributed by atoms with Gasteiger partial charge in [-0.3, -0.25) is 0 Å². The van der Waals surface area contributed by atoms with Crippen LogP contribution in [-0.2, 0) is 0 Å². The van der Waals surface area contributed by atoms with Gasteiger partial charge in [0.2, 0.25) is 0 Å². The number of hydrogen-bond donors (Lipinski definition) is 0. The number of hydrogen-bond acceptors (Lipinski definition) is 2. The van der Waals surface area contributed by atoms with Crippen LogP contribution >= 0.6 is 0 Å². The minimum atomic E-state index is -1.11. The van der Waals surface area contributed by atoms with Crippen LogP contribution in [0.3, 0.4) is 0 Å². The molecule has 2 heterocycles. The second-order valence-electron chi connectivity index (χ2n) is 5.88. The maximum absolute atomic E-state index is 4.97. The van der Waals surface area contributed by atoms with Crippen LogP contribution in [0.2, 0.25) is 8.91 Å². The van der Waals surface area contributed by atoms with E-state index in [-0.39, 0.29) is 0 Å². The fourth-order valence-electron chi connectivity index (χ4n) is 3.04. The van der Waals surface area contributed by atoms with Gasteiger partial charge in [-0.05, 0) is 0 Å². The fraction of sp³-hybridized carbons (Fsp3) is 0.235. The third kappa shape index (κ3) is 1.68. The number of rotatable bonds is 2. The molecule has 100 valence electrons. The molecule has 3 heteroatoms. The van der Waals surface area contributed by atoms with E-state index in [2.05, 4.69) is 78.4 Å². The molecule has 0 N–H and O–H groups in total. The Morgan fingerprint density at radius 1 is 0.950 bits per heavy atom. The van der Waals surface area contributed by atoms with Crippen LogP contribution in [0, 0.1) is 0 Å². The first kappa shape index (κ1) is 12.2. The van der Waals surface area contributed by atoms with Gasteiger partial charge in [0, 0.05) is 0 Å². The van der Waals surface area contributed by atoms with Crippen molar-refractivity contribution >= 4 is 26.3 Å². The summed E-state index contributed by atoms with van der Waals surface area (Å²) in [6.45, 7) is 4.82. The van der Waals surface area contributed by atoms with Crippen LogP contribution in [-0.4, -0.2) is 20.6 Å². The summed E-state index contributed by atoms with van der Waals surface area (Å²) >= 11 is -1.11. The first-order chi connectivity index (χ1) is 9.69. The SMILES string of the molecule is CC1(C)C2C(c3ccccc3)=NN(c3ccccc3)[As]21.